The molecule has 216 valence electrons. The van der Waals surface area contributed by atoms with Gasteiger partial charge in [-0.2, -0.15) is 10.2 Å². The molecule has 5 aromatic rings. The molecule has 0 aliphatic rings. The van der Waals surface area contributed by atoms with E-state index in [1.807, 2.05) is 0 Å². The number of hydrogen-bond acceptors (Lipinski definition) is 8. The van der Waals surface area contributed by atoms with Crippen molar-refractivity contribution in [2.24, 2.45) is 7.05 Å². The predicted molar refractivity (Wildman–Crippen MR) is 156 cm³/mol. The maximum absolute atomic E-state index is 14.0. The Labute approximate surface area is 241 Å². The Morgan fingerprint density at radius 2 is 1.98 bits per heavy atom. The highest BCUT2D eigenvalue weighted by atomic mass is 32.2. The minimum Gasteiger partial charge on any atom is -0.342 e. The minimum atomic E-state index is -3.65. The van der Waals surface area contributed by atoms with Gasteiger partial charge in [-0.25, -0.2) is 27.2 Å². The van der Waals surface area contributed by atoms with E-state index in [2.05, 4.69) is 32.3 Å². The highest BCUT2D eigenvalue weighted by Crippen LogP contribution is 2.19. The average Bonchev–Trinajstić information content (AvgIpc) is 3.52. The largest absolute Gasteiger partial charge is 0.342 e. The Balaban J connectivity index is 1.60. The molecule has 0 aliphatic heterocycles. The fourth-order valence-corrected chi connectivity index (χ4v) is 5.32. The van der Waals surface area contributed by atoms with Crippen molar-refractivity contribution in [2.45, 2.75) is 26.4 Å². The topological polar surface area (TPSA) is 149 Å². The number of aryl methyl sites for hydroxylation is 2. The van der Waals surface area contributed by atoms with E-state index < -0.39 is 27.5 Å². The van der Waals surface area contributed by atoms with Gasteiger partial charge in [-0.15, -0.1) is 0 Å². The maximum atomic E-state index is 14.0. The van der Waals surface area contributed by atoms with Crippen LogP contribution < -0.4 is 10.9 Å². The normalized spacial score (nSPS) is 12.4. The molecule has 1 atom stereocenters. The molecular formula is C28H29N9O4S. The number of nitrogens with zero attached hydrogens (tertiary/aromatic N) is 8. The minimum absolute atomic E-state index is 0.181. The molecule has 42 heavy (non-hydrogen) atoms. The lowest BCUT2D eigenvalue weighted by atomic mass is 10.1. The zero-order valence-corrected chi connectivity index (χ0v) is 24.5. The van der Waals surface area contributed by atoms with Crippen LogP contribution in [0.15, 0.2) is 53.8 Å². The first-order valence-corrected chi connectivity index (χ1v) is 14.6. The van der Waals surface area contributed by atoms with Crippen molar-refractivity contribution >= 4 is 32.5 Å². The molecule has 4 heterocycles. The van der Waals surface area contributed by atoms with Gasteiger partial charge >= 0.3 is 0 Å². The Kier molecular flexibility index (Phi) is 7.63. The summed E-state index contributed by atoms with van der Waals surface area (Å²) in [7, 11) is 0.990. The van der Waals surface area contributed by atoms with Crippen molar-refractivity contribution in [3.05, 3.63) is 87.6 Å². The second kappa shape index (κ2) is 11.2. The van der Waals surface area contributed by atoms with Crippen molar-refractivity contribution in [1.82, 2.24) is 43.6 Å². The molecule has 4 aromatic heterocycles. The molecule has 1 unspecified atom stereocenters. The van der Waals surface area contributed by atoms with Crippen LogP contribution in [0.1, 0.15) is 46.0 Å². The first kappa shape index (κ1) is 28.7. The number of hydrogen-bond donors (Lipinski definition) is 1. The summed E-state index contributed by atoms with van der Waals surface area (Å²) in [6.07, 6.45) is 6.63. The lowest BCUT2D eigenvalue weighted by Gasteiger charge is -2.20. The van der Waals surface area contributed by atoms with Crippen molar-refractivity contribution in [3.63, 3.8) is 0 Å². The van der Waals surface area contributed by atoms with E-state index in [1.165, 1.54) is 23.2 Å². The molecule has 0 spiro atoms. The third-order valence-corrected chi connectivity index (χ3v) is 8.53. The SMILES string of the molecule is Cc1nn2cccnc2c1C(=O)NC(C)c1nc2cccc(C#Cc3cnn(C)c3)c2c(=O)n1CCS(=O)(=O)N(C)C. The van der Waals surface area contributed by atoms with Gasteiger partial charge in [0.25, 0.3) is 11.5 Å². The maximum Gasteiger partial charge on any atom is 0.262 e. The van der Waals surface area contributed by atoms with Crippen LogP contribution in [-0.4, -0.2) is 72.4 Å². The Morgan fingerprint density at radius 1 is 1.19 bits per heavy atom. The van der Waals surface area contributed by atoms with E-state index in [0.717, 1.165) is 4.31 Å². The van der Waals surface area contributed by atoms with Crippen LogP contribution in [0.2, 0.25) is 0 Å². The summed E-state index contributed by atoms with van der Waals surface area (Å²) in [5.41, 5.74) is 2.18. The van der Waals surface area contributed by atoms with E-state index in [1.54, 1.807) is 74.6 Å². The first-order valence-electron chi connectivity index (χ1n) is 13.0. The van der Waals surface area contributed by atoms with Crippen LogP contribution >= 0.6 is 0 Å². The summed E-state index contributed by atoms with van der Waals surface area (Å²) >= 11 is 0. The molecule has 0 saturated carbocycles. The van der Waals surface area contributed by atoms with Crippen LogP contribution in [0.3, 0.4) is 0 Å². The highest BCUT2D eigenvalue weighted by Gasteiger charge is 2.25. The molecule has 0 radical (unpaired) electrons. The molecule has 0 aliphatic carbocycles. The Morgan fingerprint density at radius 3 is 2.69 bits per heavy atom. The molecular weight excluding hydrogens is 558 g/mol. The van der Waals surface area contributed by atoms with Crippen LogP contribution in [0.25, 0.3) is 16.6 Å². The number of aromatic nitrogens is 7. The first-order chi connectivity index (χ1) is 20.0. The molecule has 0 fully saturated rings. The lowest BCUT2D eigenvalue weighted by molar-refractivity contribution is 0.0938. The van der Waals surface area contributed by atoms with E-state index in [-0.39, 0.29) is 23.5 Å². The number of benzene rings is 1. The zero-order valence-electron chi connectivity index (χ0n) is 23.7. The van der Waals surface area contributed by atoms with E-state index in [4.69, 9.17) is 4.98 Å². The smallest absolute Gasteiger partial charge is 0.262 e. The van der Waals surface area contributed by atoms with Crippen molar-refractivity contribution in [1.29, 1.82) is 0 Å². The predicted octanol–water partition coefficient (Wildman–Crippen LogP) is 1.26. The van der Waals surface area contributed by atoms with E-state index in [0.29, 0.717) is 33.5 Å². The second-order valence-electron chi connectivity index (χ2n) is 9.92. The number of carbonyl (C=O) groups is 1. The van der Waals surface area contributed by atoms with Crippen molar-refractivity contribution in [2.75, 3.05) is 19.8 Å². The summed E-state index contributed by atoms with van der Waals surface area (Å²) in [6.45, 7) is 3.21. The molecule has 0 bridgehead atoms. The molecule has 14 heteroatoms. The second-order valence-corrected chi connectivity index (χ2v) is 12.2. The fourth-order valence-electron chi connectivity index (χ4n) is 4.54. The number of sulfonamides is 1. The standard InChI is InChI=1S/C28H29N9O4S/c1-18-23(26-29-12-7-13-37(26)33-18)27(38)31-19(2)25-32-22-9-6-8-21(11-10-20-16-30-35(5)17-20)24(22)28(39)36(25)14-15-42(40,41)34(3)4/h6-9,12-13,16-17,19H,14-15H2,1-5H3,(H,31,38). The number of amides is 1. The molecule has 1 amide bonds. The molecule has 5 rings (SSSR count). The summed E-state index contributed by atoms with van der Waals surface area (Å²) in [5.74, 6) is 5.44. The van der Waals surface area contributed by atoms with Gasteiger partial charge in [0.1, 0.15) is 11.4 Å². The summed E-state index contributed by atoms with van der Waals surface area (Å²) in [6, 6.07) is 6.06. The average molecular weight is 588 g/mol. The van der Waals surface area contributed by atoms with Crippen molar-refractivity contribution in [3.8, 4) is 11.8 Å². The quantitative estimate of drug-likeness (QED) is 0.280. The number of nitrogens with one attached hydrogen (secondary N) is 1. The van der Waals surface area contributed by atoms with Crippen LogP contribution in [-0.2, 0) is 23.6 Å². The van der Waals surface area contributed by atoms with Crippen LogP contribution in [0.4, 0.5) is 0 Å². The van der Waals surface area contributed by atoms with Gasteiger partial charge in [0, 0.05) is 51.8 Å². The molecule has 1 aromatic carbocycles. The van der Waals surface area contributed by atoms with Gasteiger partial charge in [-0.1, -0.05) is 17.9 Å². The number of rotatable bonds is 7. The monoisotopic (exact) mass is 587 g/mol. The van der Waals surface area contributed by atoms with Gasteiger partial charge in [0.05, 0.1) is 40.2 Å². The molecule has 13 nitrogen and oxygen atoms in total. The van der Waals surface area contributed by atoms with Gasteiger partial charge in [-0.05, 0) is 32.0 Å². The van der Waals surface area contributed by atoms with E-state index in [9.17, 15) is 18.0 Å². The van der Waals surface area contributed by atoms with Gasteiger partial charge < -0.3 is 5.32 Å². The lowest BCUT2D eigenvalue weighted by Crippen LogP contribution is -2.36. The molecule has 0 saturated heterocycles. The van der Waals surface area contributed by atoms with E-state index >= 15 is 0 Å². The number of fused-ring (bicyclic) bond motifs is 2. The zero-order chi connectivity index (χ0) is 30.2. The van der Waals surface area contributed by atoms with Crippen LogP contribution in [0, 0.1) is 18.8 Å². The Hall–Kier alpha value is -4.87. The fraction of sp³-hybridized carbons (Fsp3) is 0.286. The van der Waals surface area contributed by atoms with Crippen LogP contribution in [0.5, 0.6) is 0 Å². The third kappa shape index (κ3) is 5.52. The summed E-state index contributed by atoms with van der Waals surface area (Å²) < 4.78 is 30.8. The third-order valence-electron chi connectivity index (χ3n) is 6.72. The highest BCUT2D eigenvalue weighted by molar-refractivity contribution is 7.89. The summed E-state index contributed by atoms with van der Waals surface area (Å²) in [5, 5.41) is 11.6. The summed E-state index contributed by atoms with van der Waals surface area (Å²) in [4.78, 5) is 36.5. The number of carbonyl (C=O) groups excluding carboxylic acids is 1. The van der Waals surface area contributed by atoms with Crippen molar-refractivity contribution < 1.29 is 13.2 Å². The Bertz CT molecular complexity index is 2060. The molecule has 1 N–H and O–H groups in total. The van der Waals surface area contributed by atoms with Gasteiger partial charge in [0.2, 0.25) is 10.0 Å². The van der Waals surface area contributed by atoms with Gasteiger partial charge in [0.15, 0.2) is 5.65 Å². The van der Waals surface area contributed by atoms with Gasteiger partial charge in [-0.3, -0.25) is 18.8 Å².